The Morgan fingerprint density at radius 2 is 1.62 bits per heavy atom. The van der Waals surface area contributed by atoms with Gasteiger partial charge in [0.25, 0.3) is 0 Å². The predicted octanol–water partition coefficient (Wildman–Crippen LogP) is 4.92. The minimum atomic E-state index is -1.67. The molecule has 2 atom stereocenters. The topological polar surface area (TPSA) is 35.5 Å². The van der Waals surface area contributed by atoms with Crippen LogP contribution in [0.4, 0.5) is 0 Å². The number of ether oxygens (including phenoxy) is 2. The Morgan fingerprint density at radius 1 is 1.00 bits per heavy atom. The molecule has 3 nitrogen and oxygen atoms in total. The number of esters is 1. The molecule has 0 radical (unpaired) electrons. The van der Waals surface area contributed by atoms with E-state index in [1.165, 1.54) is 0 Å². The van der Waals surface area contributed by atoms with Crippen molar-refractivity contribution in [2.45, 2.75) is 37.9 Å². The Kier molecular flexibility index (Phi) is 5.74. The van der Waals surface area contributed by atoms with Crippen molar-refractivity contribution in [2.75, 3.05) is 6.61 Å². The zero-order valence-corrected chi connectivity index (χ0v) is 16.6. The van der Waals surface area contributed by atoms with Crippen LogP contribution in [0.5, 0.6) is 0 Å². The standard InChI is InChI=1S/C22H26O3Si/c1-26(2,3)21-19(14-17-10-6-4-7-11-17)22(23)25-20(21)16-24-15-18-12-8-5-9-13-18/h4-14,20-21H,15-16H2,1-3H3/b19-14-/t20-,21-/m0/s1. The highest BCUT2D eigenvalue weighted by Gasteiger charge is 2.47. The van der Waals surface area contributed by atoms with Crippen LogP contribution < -0.4 is 0 Å². The maximum absolute atomic E-state index is 12.6. The number of cyclic esters (lactones) is 1. The van der Waals surface area contributed by atoms with Gasteiger partial charge in [0.05, 0.1) is 21.3 Å². The lowest BCUT2D eigenvalue weighted by molar-refractivity contribution is -0.141. The van der Waals surface area contributed by atoms with Gasteiger partial charge in [-0.3, -0.25) is 0 Å². The molecule has 26 heavy (non-hydrogen) atoms. The summed E-state index contributed by atoms with van der Waals surface area (Å²) in [6, 6.07) is 20.0. The van der Waals surface area contributed by atoms with E-state index >= 15 is 0 Å². The lowest BCUT2D eigenvalue weighted by atomic mass is 10.1. The van der Waals surface area contributed by atoms with Crippen LogP contribution in [0.25, 0.3) is 6.08 Å². The first-order valence-corrected chi connectivity index (χ1v) is 12.6. The minimum Gasteiger partial charge on any atom is -0.456 e. The molecule has 0 aromatic heterocycles. The third-order valence-electron chi connectivity index (χ3n) is 4.65. The van der Waals surface area contributed by atoms with Gasteiger partial charge in [0.15, 0.2) is 0 Å². The van der Waals surface area contributed by atoms with Crippen molar-refractivity contribution in [1.82, 2.24) is 0 Å². The second-order valence-electron chi connectivity index (χ2n) is 7.80. The predicted molar refractivity (Wildman–Crippen MR) is 107 cm³/mol. The smallest absolute Gasteiger partial charge is 0.334 e. The van der Waals surface area contributed by atoms with Crippen molar-refractivity contribution in [2.24, 2.45) is 0 Å². The summed E-state index contributed by atoms with van der Waals surface area (Å²) >= 11 is 0. The van der Waals surface area contributed by atoms with Crippen LogP contribution in [0.1, 0.15) is 11.1 Å². The van der Waals surface area contributed by atoms with E-state index in [-0.39, 0.29) is 17.6 Å². The Bertz CT molecular complexity index is 763. The van der Waals surface area contributed by atoms with Crippen LogP contribution in [0.2, 0.25) is 25.2 Å². The first-order valence-electron chi connectivity index (χ1n) is 9.04. The maximum atomic E-state index is 12.6. The Hall–Kier alpha value is -2.17. The molecular weight excluding hydrogens is 340 g/mol. The summed E-state index contributed by atoms with van der Waals surface area (Å²) in [7, 11) is -1.67. The van der Waals surface area contributed by atoms with Gasteiger partial charge in [-0.2, -0.15) is 0 Å². The Balaban J connectivity index is 1.75. The highest BCUT2D eigenvalue weighted by Crippen LogP contribution is 2.42. The van der Waals surface area contributed by atoms with Crippen molar-refractivity contribution in [3.05, 3.63) is 77.4 Å². The van der Waals surface area contributed by atoms with E-state index in [9.17, 15) is 4.79 Å². The van der Waals surface area contributed by atoms with Crippen molar-refractivity contribution in [1.29, 1.82) is 0 Å². The molecule has 0 bridgehead atoms. The van der Waals surface area contributed by atoms with Gasteiger partial charge in [-0.15, -0.1) is 0 Å². The zero-order chi connectivity index (χ0) is 18.6. The molecule has 1 fully saturated rings. The molecule has 2 aromatic rings. The van der Waals surface area contributed by atoms with E-state index in [2.05, 4.69) is 19.6 Å². The molecule has 1 heterocycles. The fourth-order valence-corrected chi connectivity index (χ4v) is 5.91. The number of rotatable bonds is 6. The molecule has 0 aliphatic carbocycles. The van der Waals surface area contributed by atoms with Crippen LogP contribution in [-0.2, 0) is 20.9 Å². The van der Waals surface area contributed by atoms with Crippen LogP contribution in [0, 0.1) is 0 Å². The number of benzene rings is 2. The Labute approximate surface area is 156 Å². The SMILES string of the molecule is C[Si](C)(C)[C@H]1/C(=C/c2ccccc2)C(=O)O[C@H]1COCc1ccccc1. The zero-order valence-electron chi connectivity index (χ0n) is 15.6. The van der Waals surface area contributed by atoms with E-state index in [0.717, 1.165) is 16.7 Å². The molecule has 1 saturated heterocycles. The molecule has 136 valence electrons. The van der Waals surface area contributed by atoms with Gasteiger partial charge in [0, 0.05) is 11.1 Å². The lowest BCUT2D eigenvalue weighted by Crippen LogP contribution is -2.36. The molecule has 0 spiro atoms. The average Bonchev–Trinajstić information content (AvgIpc) is 2.92. The van der Waals surface area contributed by atoms with E-state index < -0.39 is 8.07 Å². The van der Waals surface area contributed by atoms with Gasteiger partial charge in [-0.1, -0.05) is 80.3 Å². The maximum Gasteiger partial charge on any atom is 0.334 e. The van der Waals surface area contributed by atoms with E-state index in [1.54, 1.807) is 0 Å². The second-order valence-corrected chi connectivity index (χ2v) is 13.2. The molecular formula is C22H26O3Si. The van der Waals surface area contributed by atoms with Crippen molar-refractivity contribution >= 4 is 20.1 Å². The van der Waals surface area contributed by atoms with Crippen LogP contribution >= 0.6 is 0 Å². The fraction of sp³-hybridized carbons (Fsp3) is 0.318. The van der Waals surface area contributed by atoms with Gasteiger partial charge in [-0.25, -0.2) is 4.79 Å². The van der Waals surface area contributed by atoms with Gasteiger partial charge in [0.1, 0.15) is 6.10 Å². The van der Waals surface area contributed by atoms with E-state index in [1.807, 2.05) is 66.7 Å². The Morgan fingerprint density at radius 3 is 2.23 bits per heavy atom. The first kappa shape index (κ1) is 18.6. The minimum absolute atomic E-state index is 0.131. The van der Waals surface area contributed by atoms with Gasteiger partial charge in [-0.05, 0) is 17.2 Å². The summed E-state index contributed by atoms with van der Waals surface area (Å²) in [5, 5.41) is 0. The number of hydrogen-bond donors (Lipinski definition) is 0. The molecule has 0 N–H and O–H groups in total. The van der Waals surface area contributed by atoms with Crippen LogP contribution in [0.15, 0.2) is 66.2 Å². The molecule has 1 aliphatic heterocycles. The van der Waals surface area contributed by atoms with Crippen molar-refractivity contribution in [3.63, 3.8) is 0 Å². The lowest BCUT2D eigenvalue weighted by Gasteiger charge is -2.28. The summed E-state index contributed by atoms with van der Waals surface area (Å²) < 4.78 is 11.6. The van der Waals surface area contributed by atoms with Gasteiger partial charge < -0.3 is 9.47 Å². The largest absolute Gasteiger partial charge is 0.456 e. The van der Waals surface area contributed by atoms with Gasteiger partial charge >= 0.3 is 5.97 Å². The van der Waals surface area contributed by atoms with Crippen LogP contribution in [-0.4, -0.2) is 26.8 Å². The molecule has 0 amide bonds. The number of hydrogen-bond acceptors (Lipinski definition) is 3. The van der Waals surface area contributed by atoms with Gasteiger partial charge in [0.2, 0.25) is 0 Å². The molecule has 4 heteroatoms. The van der Waals surface area contributed by atoms with Crippen molar-refractivity contribution < 1.29 is 14.3 Å². The highest BCUT2D eigenvalue weighted by molar-refractivity contribution is 6.79. The molecule has 0 saturated carbocycles. The monoisotopic (exact) mass is 366 g/mol. The summed E-state index contributed by atoms with van der Waals surface area (Å²) in [5.41, 5.74) is 3.09. The quantitative estimate of drug-likeness (QED) is 0.413. The number of carbonyl (C=O) groups excluding carboxylic acids is 1. The van der Waals surface area contributed by atoms with E-state index in [4.69, 9.17) is 9.47 Å². The summed E-state index contributed by atoms with van der Waals surface area (Å²) in [6.45, 7) is 7.81. The summed E-state index contributed by atoms with van der Waals surface area (Å²) in [5.74, 6) is -0.199. The number of carbonyl (C=O) groups is 1. The summed E-state index contributed by atoms with van der Waals surface area (Å²) in [6.07, 6.45) is 1.79. The molecule has 3 rings (SSSR count). The van der Waals surface area contributed by atoms with Crippen molar-refractivity contribution in [3.8, 4) is 0 Å². The first-order chi connectivity index (χ1) is 12.4. The normalized spacial score (nSPS) is 21.8. The summed E-state index contributed by atoms with van der Waals surface area (Å²) in [4.78, 5) is 12.6. The third-order valence-corrected chi connectivity index (χ3v) is 7.20. The highest BCUT2D eigenvalue weighted by atomic mass is 28.3. The van der Waals surface area contributed by atoms with E-state index in [0.29, 0.717) is 13.2 Å². The second kappa shape index (κ2) is 8.02. The average molecular weight is 367 g/mol. The fourth-order valence-electron chi connectivity index (χ4n) is 3.50. The molecule has 1 aliphatic rings. The molecule has 0 unspecified atom stereocenters. The third kappa shape index (κ3) is 4.51. The van der Waals surface area contributed by atoms with Crippen LogP contribution in [0.3, 0.4) is 0 Å². The molecule has 2 aromatic carbocycles.